The molecule has 0 aromatic rings. The molecular weight excluding hydrogens is 296 g/mol. The van der Waals surface area contributed by atoms with Crippen molar-refractivity contribution in [2.24, 2.45) is 0 Å². The summed E-state index contributed by atoms with van der Waals surface area (Å²) in [5.74, 6) is -1.27. The van der Waals surface area contributed by atoms with Crippen LogP contribution in [-0.4, -0.2) is 79.0 Å². The van der Waals surface area contributed by atoms with Gasteiger partial charge in [0.1, 0.15) is 13.2 Å². The number of ether oxygens (including phenoxy) is 6. The van der Waals surface area contributed by atoms with E-state index >= 15 is 0 Å². The minimum Gasteiger partial charge on any atom is -0.460 e. The van der Waals surface area contributed by atoms with E-state index in [-0.39, 0.29) is 26.4 Å². The summed E-state index contributed by atoms with van der Waals surface area (Å²) in [5, 5.41) is 0. The molecule has 0 rings (SSSR count). The molecule has 0 aromatic heterocycles. The van der Waals surface area contributed by atoms with Gasteiger partial charge in [-0.15, -0.1) is 0 Å². The van der Waals surface area contributed by atoms with Gasteiger partial charge in [-0.2, -0.15) is 0 Å². The Kier molecular flexibility index (Phi) is 14.8. The quantitative estimate of drug-likeness (QED) is 0.250. The standard InChI is InChI=1S/C14H24O8/c1-17-5-7-19-9-11-21-13(15)3-4-14(16)22-12-10-20-8-6-18-2/h3-4H,5-12H2,1-2H3/b4-3-. The Hall–Kier alpha value is -1.48. The van der Waals surface area contributed by atoms with E-state index in [0.717, 1.165) is 12.2 Å². The van der Waals surface area contributed by atoms with Crippen LogP contribution in [0.4, 0.5) is 0 Å². The van der Waals surface area contributed by atoms with Crippen LogP contribution in [0.25, 0.3) is 0 Å². The van der Waals surface area contributed by atoms with Crippen LogP contribution in [0.2, 0.25) is 0 Å². The Labute approximate surface area is 130 Å². The molecule has 0 amide bonds. The fraction of sp³-hybridized carbons (Fsp3) is 0.714. The average Bonchev–Trinajstić information content (AvgIpc) is 2.52. The first-order chi connectivity index (χ1) is 10.7. The zero-order chi connectivity index (χ0) is 16.5. The van der Waals surface area contributed by atoms with E-state index in [1.807, 2.05) is 0 Å². The highest BCUT2D eigenvalue weighted by atomic mass is 16.6. The minimum absolute atomic E-state index is 0.106. The second-order valence-electron chi connectivity index (χ2n) is 3.88. The summed E-state index contributed by atoms with van der Waals surface area (Å²) in [6.07, 6.45) is 2.01. The van der Waals surface area contributed by atoms with Crippen molar-refractivity contribution in [3.05, 3.63) is 12.2 Å². The average molecular weight is 320 g/mol. The second kappa shape index (κ2) is 15.9. The summed E-state index contributed by atoms with van der Waals surface area (Å²) in [4.78, 5) is 22.5. The van der Waals surface area contributed by atoms with Crippen LogP contribution in [0.5, 0.6) is 0 Å². The number of hydrogen-bond donors (Lipinski definition) is 0. The SMILES string of the molecule is COCCOCCOC(=O)/C=C\C(=O)OCCOCCOC. The van der Waals surface area contributed by atoms with Crippen LogP contribution >= 0.6 is 0 Å². The lowest BCUT2D eigenvalue weighted by atomic mass is 10.5. The molecule has 0 saturated heterocycles. The van der Waals surface area contributed by atoms with Gasteiger partial charge in [0, 0.05) is 26.4 Å². The highest BCUT2D eigenvalue weighted by Gasteiger charge is 2.01. The molecule has 0 fully saturated rings. The van der Waals surface area contributed by atoms with Crippen molar-refractivity contribution in [1.82, 2.24) is 0 Å². The van der Waals surface area contributed by atoms with Gasteiger partial charge in [-0.3, -0.25) is 0 Å². The Morgan fingerprint density at radius 3 is 1.36 bits per heavy atom. The number of methoxy groups -OCH3 is 2. The van der Waals surface area contributed by atoms with E-state index in [1.54, 1.807) is 14.2 Å². The maximum Gasteiger partial charge on any atom is 0.331 e. The van der Waals surface area contributed by atoms with Gasteiger partial charge in [-0.25, -0.2) is 9.59 Å². The molecule has 0 aliphatic heterocycles. The minimum atomic E-state index is -0.636. The van der Waals surface area contributed by atoms with Crippen molar-refractivity contribution in [3.8, 4) is 0 Å². The smallest absolute Gasteiger partial charge is 0.331 e. The molecular formula is C14H24O8. The molecule has 22 heavy (non-hydrogen) atoms. The number of carbonyl (C=O) groups is 2. The molecule has 0 saturated carbocycles. The maximum absolute atomic E-state index is 11.2. The van der Waals surface area contributed by atoms with E-state index < -0.39 is 11.9 Å². The summed E-state index contributed by atoms with van der Waals surface area (Å²) in [6, 6.07) is 0. The third-order valence-corrected chi connectivity index (χ3v) is 2.16. The summed E-state index contributed by atoms with van der Waals surface area (Å²) in [7, 11) is 3.14. The van der Waals surface area contributed by atoms with Crippen molar-refractivity contribution < 1.29 is 38.0 Å². The van der Waals surface area contributed by atoms with Crippen molar-refractivity contribution in [2.75, 3.05) is 67.1 Å². The fourth-order valence-corrected chi connectivity index (χ4v) is 1.12. The van der Waals surface area contributed by atoms with E-state index in [9.17, 15) is 9.59 Å². The molecule has 0 N–H and O–H groups in total. The molecule has 8 nitrogen and oxygen atoms in total. The largest absolute Gasteiger partial charge is 0.460 e. The topological polar surface area (TPSA) is 89.5 Å². The molecule has 0 heterocycles. The van der Waals surface area contributed by atoms with Crippen molar-refractivity contribution in [2.45, 2.75) is 0 Å². The normalized spacial score (nSPS) is 10.8. The first kappa shape index (κ1) is 20.5. The van der Waals surface area contributed by atoms with Gasteiger partial charge in [-0.05, 0) is 0 Å². The highest BCUT2D eigenvalue weighted by Crippen LogP contribution is 1.87. The number of hydrogen-bond acceptors (Lipinski definition) is 8. The van der Waals surface area contributed by atoms with E-state index in [4.69, 9.17) is 28.4 Å². The summed E-state index contributed by atoms with van der Waals surface area (Å²) in [6.45, 7) is 2.58. The van der Waals surface area contributed by atoms with Crippen molar-refractivity contribution in [3.63, 3.8) is 0 Å². The first-order valence-electron chi connectivity index (χ1n) is 6.85. The molecule has 0 aromatic carbocycles. The summed E-state index contributed by atoms with van der Waals surface area (Å²) >= 11 is 0. The maximum atomic E-state index is 11.2. The van der Waals surface area contributed by atoms with E-state index in [2.05, 4.69) is 0 Å². The fourth-order valence-electron chi connectivity index (χ4n) is 1.12. The van der Waals surface area contributed by atoms with Crippen molar-refractivity contribution in [1.29, 1.82) is 0 Å². The van der Waals surface area contributed by atoms with Crippen LogP contribution < -0.4 is 0 Å². The van der Waals surface area contributed by atoms with Gasteiger partial charge in [0.15, 0.2) is 0 Å². The Balaban J connectivity index is 3.51. The predicted molar refractivity (Wildman–Crippen MR) is 76.4 cm³/mol. The summed E-state index contributed by atoms with van der Waals surface area (Å²) < 4.78 is 29.4. The van der Waals surface area contributed by atoms with Crippen molar-refractivity contribution >= 4 is 11.9 Å². The number of carbonyl (C=O) groups excluding carboxylic acids is 2. The van der Waals surface area contributed by atoms with Gasteiger partial charge in [0.25, 0.3) is 0 Å². The van der Waals surface area contributed by atoms with Gasteiger partial charge in [-0.1, -0.05) is 0 Å². The van der Waals surface area contributed by atoms with Crippen LogP contribution in [-0.2, 0) is 38.0 Å². The Bertz CT molecular complexity index is 286. The first-order valence-corrected chi connectivity index (χ1v) is 6.85. The zero-order valence-electron chi connectivity index (χ0n) is 13.1. The summed E-state index contributed by atoms with van der Waals surface area (Å²) in [5.41, 5.74) is 0. The van der Waals surface area contributed by atoms with Crippen LogP contribution in [0.3, 0.4) is 0 Å². The molecule has 128 valence electrons. The van der Waals surface area contributed by atoms with E-state index in [1.165, 1.54) is 0 Å². The van der Waals surface area contributed by atoms with Crippen LogP contribution in [0.15, 0.2) is 12.2 Å². The molecule has 0 aliphatic carbocycles. The van der Waals surface area contributed by atoms with Crippen LogP contribution in [0.1, 0.15) is 0 Å². The third kappa shape index (κ3) is 14.9. The number of esters is 2. The van der Waals surface area contributed by atoms with Gasteiger partial charge in [0.2, 0.25) is 0 Å². The highest BCUT2D eigenvalue weighted by molar-refractivity contribution is 5.91. The lowest BCUT2D eigenvalue weighted by Crippen LogP contribution is -2.12. The monoisotopic (exact) mass is 320 g/mol. The second-order valence-corrected chi connectivity index (χ2v) is 3.88. The number of rotatable bonds is 14. The van der Waals surface area contributed by atoms with Gasteiger partial charge >= 0.3 is 11.9 Å². The Morgan fingerprint density at radius 2 is 1.00 bits per heavy atom. The van der Waals surface area contributed by atoms with Gasteiger partial charge < -0.3 is 28.4 Å². The molecule has 8 heteroatoms. The van der Waals surface area contributed by atoms with E-state index in [0.29, 0.717) is 26.4 Å². The molecule has 0 unspecified atom stereocenters. The third-order valence-electron chi connectivity index (χ3n) is 2.16. The predicted octanol–water partition coefficient (Wildman–Crippen LogP) is -0.0450. The molecule has 0 atom stereocenters. The molecule has 0 aliphatic rings. The molecule has 0 spiro atoms. The van der Waals surface area contributed by atoms with Gasteiger partial charge in [0.05, 0.1) is 39.6 Å². The molecule has 0 radical (unpaired) electrons. The molecule has 0 bridgehead atoms. The Morgan fingerprint density at radius 1 is 0.636 bits per heavy atom. The lowest BCUT2D eigenvalue weighted by molar-refractivity contribution is -0.142. The zero-order valence-corrected chi connectivity index (χ0v) is 13.1. The van der Waals surface area contributed by atoms with Crippen LogP contribution in [0, 0.1) is 0 Å². The lowest BCUT2D eigenvalue weighted by Gasteiger charge is -2.04.